The van der Waals surface area contributed by atoms with Crippen LogP contribution in [-0.4, -0.2) is 0 Å². The Hall–Kier alpha value is -6.44. The standard InChI is InChI=1S/C48H30O/c1-2-15-34-31(13-1)14-11-23-37(34)36-17-4-3-16-35(36)32-27-29-33(30-28-32)46-38-18-5-7-20-40(38)47(41-21-8-6-19-39(41)46)43-24-12-26-45-48(43)42-22-9-10-25-44(42)49-45/h1-30H. The van der Waals surface area contributed by atoms with E-state index >= 15 is 0 Å². The van der Waals surface area contributed by atoms with E-state index in [0.717, 1.165) is 21.9 Å². The molecule has 0 spiro atoms. The third-order valence-electron chi connectivity index (χ3n) is 10.1. The van der Waals surface area contributed by atoms with Gasteiger partial charge in [-0.25, -0.2) is 0 Å². The number of rotatable bonds is 4. The van der Waals surface area contributed by atoms with E-state index in [1.54, 1.807) is 0 Å². The van der Waals surface area contributed by atoms with Crippen molar-refractivity contribution in [3.05, 3.63) is 182 Å². The van der Waals surface area contributed by atoms with Gasteiger partial charge < -0.3 is 4.42 Å². The monoisotopic (exact) mass is 622 g/mol. The van der Waals surface area contributed by atoms with E-state index in [1.165, 1.54) is 76.8 Å². The molecule has 0 unspecified atom stereocenters. The van der Waals surface area contributed by atoms with Crippen LogP contribution in [0.3, 0.4) is 0 Å². The highest BCUT2D eigenvalue weighted by molar-refractivity contribution is 6.25. The van der Waals surface area contributed by atoms with Crippen LogP contribution in [0.2, 0.25) is 0 Å². The van der Waals surface area contributed by atoms with Crippen LogP contribution in [0.1, 0.15) is 0 Å². The van der Waals surface area contributed by atoms with E-state index in [2.05, 4.69) is 176 Å². The average molecular weight is 623 g/mol. The summed E-state index contributed by atoms with van der Waals surface area (Å²) in [5, 5.41) is 9.78. The van der Waals surface area contributed by atoms with Gasteiger partial charge in [0.25, 0.3) is 0 Å². The van der Waals surface area contributed by atoms with Crippen LogP contribution in [-0.2, 0) is 0 Å². The van der Waals surface area contributed by atoms with Crippen molar-refractivity contribution in [3.8, 4) is 44.5 Å². The van der Waals surface area contributed by atoms with Crippen molar-refractivity contribution in [2.75, 3.05) is 0 Å². The fourth-order valence-corrected chi connectivity index (χ4v) is 7.96. The lowest BCUT2D eigenvalue weighted by Gasteiger charge is -2.18. The summed E-state index contributed by atoms with van der Waals surface area (Å²) in [4.78, 5) is 0. The van der Waals surface area contributed by atoms with Gasteiger partial charge in [0.2, 0.25) is 0 Å². The second kappa shape index (κ2) is 11.1. The van der Waals surface area contributed by atoms with Gasteiger partial charge >= 0.3 is 0 Å². The maximum Gasteiger partial charge on any atom is 0.136 e. The van der Waals surface area contributed by atoms with Gasteiger partial charge in [-0.2, -0.15) is 0 Å². The van der Waals surface area contributed by atoms with E-state index < -0.39 is 0 Å². The summed E-state index contributed by atoms with van der Waals surface area (Å²) < 4.78 is 6.34. The minimum atomic E-state index is 0.912. The summed E-state index contributed by atoms with van der Waals surface area (Å²) in [6.45, 7) is 0. The number of para-hydroxylation sites is 1. The Kier molecular flexibility index (Phi) is 6.25. The molecule has 0 radical (unpaired) electrons. The van der Waals surface area contributed by atoms with Gasteiger partial charge in [-0.15, -0.1) is 0 Å². The molecule has 0 saturated carbocycles. The van der Waals surface area contributed by atoms with Crippen molar-refractivity contribution < 1.29 is 4.42 Å². The van der Waals surface area contributed by atoms with Crippen LogP contribution >= 0.6 is 0 Å². The summed E-state index contributed by atoms with van der Waals surface area (Å²) in [7, 11) is 0. The highest BCUT2D eigenvalue weighted by atomic mass is 16.3. The van der Waals surface area contributed by atoms with Crippen LogP contribution < -0.4 is 0 Å². The van der Waals surface area contributed by atoms with Gasteiger partial charge in [-0.3, -0.25) is 0 Å². The SMILES string of the molecule is c1ccc(-c2cccc3ccccc23)c(-c2ccc(-c3c4ccccc4c(-c4cccc5oc6ccccc6c45)c4ccccc34)cc2)c1. The lowest BCUT2D eigenvalue weighted by atomic mass is 9.84. The molecule has 0 atom stereocenters. The highest BCUT2D eigenvalue weighted by Crippen LogP contribution is 2.47. The van der Waals surface area contributed by atoms with Gasteiger partial charge in [-0.1, -0.05) is 170 Å². The fourth-order valence-electron chi connectivity index (χ4n) is 7.96. The van der Waals surface area contributed by atoms with Crippen LogP contribution in [0, 0.1) is 0 Å². The molecule has 9 aromatic carbocycles. The molecule has 0 aliphatic rings. The molecule has 1 heteroatoms. The molecule has 0 bridgehead atoms. The quantitative estimate of drug-likeness (QED) is 0.178. The molecule has 49 heavy (non-hydrogen) atoms. The number of benzene rings is 9. The van der Waals surface area contributed by atoms with Crippen molar-refractivity contribution in [1.82, 2.24) is 0 Å². The van der Waals surface area contributed by atoms with Gasteiger partial charge in [0, 0.05) is 10.8 Å². The van der Waals surface area contributed by atoms with Crippen molar-refractivity contribution in [3.63, 3.8) is 0 Å². The van der Waals surface area contributed by atoms with Gasteiger partial charge in [0.15, 0.2) is 0 Å². The zero-order valence-electron chi connectivity index (χ0n) is 26.7. The van der Waals surface area contributed by atoms with Crippen molar-refractivity contribution in [2.45, 2.75) is 0 Å². The maximum atomic E-state index is 6.34. The topological polar surface area (TPSA) is 13.1 Å². The molecular weight excluding hydrogens is 593 g/mol. The zero-order valence-corrected chi connectivity index (χ0v) is 26.7. The van der Waals surface area contributed by atoms with Crippen LogP contribution in [0.4, 0.5) is 0 Å². The Morgan fingerprint density at radius 1 is 0.265 bits per heavy atom. The number of hydrogen-bond acceptors (Lipinski definition) is 1. The Morgan fingerprint density at radius 3 is 1.47 bits per heavy atom. The van der Waals surface area contributed by atoms with Crippen LogP contribution in [0.15, 0.2) is 186 Å². The first-order chi connectivity index (χ1) is 24.3. The molecule has 1 nitrogen and oxygen atoms in total. The van der Waals surface area contributed by atoms with E-state index in [1.807, 2.05) is 6.07 Å². The van der Waals surface area contributed by atoms with Crippen molar-refractivity contribution >= 4 is 54.3 Å². The van der Waals surface area contributed by atoms with Crippen molar-refractivity contribution in [1.29, 1.82) is 0 Å². The lowest BCUT2D eigenvalue weighted by Crippen LogP contribution is -1.91. The molecule has 0 amide bonds. The zero-order chi connectivity index (χ0) is 32.3. The third-order valence-corrected chi connectivity index (χ3v) is 10.1. The van der Waals surface area contributed by atoms with E-state index in [4.69, 9.17) is 4.42 Å². The predicted molar refractivity (Wildman–Crippen MR) is 208 cm³/mol. The maximum absolute atomic E-state index is 6.34. The largest absolute Gasteiger partial charge is 0.456 e. The summed E-state index contributed by atoms with van der Waals surface area (Å²) in [6, 6.07) is 65.7. The molecule has 1 heterocycles. The Bertz CT molecular complexity index is 2810. The van der Waals surface area contributed by atoms with Crippen LogP contribution in [0.25, 0.3) is 98.8 Å². The van der Waals surface area contributed by atoms with Gasteiger partial charge in [0.1, 0.15) is 11.2 Å². The minimum Gasteiger partial charge on any atom is -0.456 e. The summed E-state index contributed by atoms with van der Waals surface area (Å²) in [5.41, 5.74) is 11.7. The summed E-state index contributed by atoms with van der Waals surface area (Å²) >= 11 is 0. The second-order valence-electron chi connectivity index (χ2n) is 12.8. The second-order valence-corrected chi connectivity index (χ2v) is 12.8. The first-order valence-corrected chi connectivity index (χ1v) is 16.9. The normalized spacial score (nSPS) is 11.7. The molecule has 228 valence electrons. The molecule has 10 aromatic rings. The lowest BCUT2D eigenvalue weighted by molar-refractivity contribution is 0.669. The van der Waals surface area contributed by atoms with Crippen LogP contribution in [0.5, 0.6) is 0 Å². The average Bonchev–Trinajstić information content (AvgIpc) is 3.56. The summed E-state index contributed by atoms with van der Waals surface area (Å²) in [6.07, 6.45) is 0. The number of hydrogen-bond donors (Lipinski definition) is 0. The number of fused-ring (bicyclic) bond motifs is 6. The van der Waals surface area contributed by atoms with Crippen molar-refractivity contribution in [2.24, 2.45) is 0 Å². The molecule has 10 rings (SSSR count). The first kappa shape index (κ1) is 27.7. The highest BCUT2D eigenvalue weighted by Gasteiger charge is 2.20. The number of furan rings is 1. The van der Waals surface area contributed by atoms with E-state index in [0.29, 0.717) is 0 Å². The third kappa shape index (κ3) is 4.33. The molecule has 0 N–H and O–H groups in total. The smallest absolute Gasteiger partial charge is 0.136 e. The molecule has 0 fully saturated rings. The predicted octanol–water partition coefficient (Wildman–Crippen LogP) is 13.7. The summed E-state index contributed by atoms with van der Waals surface area (Å²) in [5.74, 6) is 0. The Labute approximate surface area is 284 Å². The molecule has 1 aromatic heterocycles. The van der Waals surface area contributed by atoms with E-state index in [9.17, 15) is 0 Å². The van der Waals surface area contributed by atoms with Gasteiger partial charge in [0.05, 0.1) is 0 Å². The minimum absolute atomic E-state index is 0.912. The van der Waals surface area contributed by atoms with Gasteiger partial charge in [-0.05, 0) is 89.0 Å². The molecular formula is C48H30O. The molecule has 0 saturated heterocycles. The molecule has 0 aliphatic carbocycles. The first-order valence-electron chi connectivity index (χ1n) is 16.9. The Morgan fingerprint density at radius 2 is 0.735 bits per heavy atom. The Balaban J connectivity index is 1.18. The fraction of sp³-hybridized carbons (Fsp3) is 0. The molecule has 0 aliphatic heterocycles. The van der Waals surface area contributed by atoms with E-state index in [-0.39, 0.29) is 0 Å².